The summed E-state index contributed by atoms with van der Waals surface area (Å²) >= 11 is 0. The third-order valence-corrected chi connectivity index (χ3v) is 2.96. The second kappa shape index (κ2) is 6.54. The predicted molar refractivity (Wildman–Crippen MR) is 69.1 cm³/mol. The summed E-state index contributed by atoms with van der Waals surface area (Å²) < 4.78 is 5.17. The molecular formula is C14H23NO. The second-order valence-electron chi connectivity index (χ2n) is 4.43. The van der Waals surface area contributed by atoms with Gasteiger partial charge >= 0.3 is 0 Å². The number of rotatable bonds is 6. The van der Waals surface area contributed by atoms with E-state index in [9.17, 15) is 0 Å². The first-order chi connectivity index (χ1) is 7.69. The van der Waals surface area contributed by atoms with E-state index in [1.54, 1.807) is 7.11 Å². The van der Waals surface area contributed by atoms with Gasteiger partial charge in [-0.1, -0.05) is 32.9 Å². The highest BCUT2D eigenvalue weighted by Crippen LogP contribution is 2.25. The first-order valence-corrected chi connectivity index (χ1v) is 6.03. The van der Waals surface area contributed by atoms with E-state index >= 15 is 0 Å². The van der Waals surface area contributed by atoms with E-state index in [0.717, 1.165) is 18.8 Å². The molecule has 1 aromatic rings. The number of likely N-dealkylation sites (N-methyl/N-ethyl adjacent to an activating group) is 1. The Morgan fingerprint density at radius 3 is 2.25 bits per heavy atom. The van der Waals surface area contributed by atoms with Crippen LogP contribution >= 0.6 is 0 Å². The fourth-order valence-electron chi connectivity index (χ4n) is 1.89. The molecular weight excluding hydrogens is 198 g/mol. The predicted octanol–water partition coefficient (Wildman–Crippen LogP) is 3.04. The number of hydrogen-bond acceptors (Lipinski definition) is 2. The Kier molecular flexibility index (Phi) is 5.33. The standard InChI is InChI=1S/C14H23NO/c1-5-15-10-14(11(2)3)12-6-8-13(16-4)9-7-12/h6-9,11,14-15H,5,10H2,1-4H3. The van der Waals surface area contributed by atoms with Gasteiger partial charge in [-0.05, 0) is 36.1 Å². The van der Waals surface area contributed by atoms with Crippen LogP contribution < -0.4 is 10.1 Å². The average Bonchev–Trinajstić information content (AvgIpc) is 2.30. The average molecular weight is 221 g/mol. The molecule has 16 heavy (non-hydrogen) atoms. The van der Waals surface area contributed by atoms with Gasteiger partial charge in [0.2, 0.25) is 0 Å². The Morgan fingerprint density at radius 2 is 1.81 bits per heavy atom. The molecule has 0 amide bonds. The topological polar surface area (TPSA) is 21.3 Å². The Balaban J connectivity index is 2.75. The maximum absolute atomic E-state index is 5.17. The van der Waals surface area contributed by atoms with Crippen molar-refractivity contribution in [2.24, 2.45) is 5.92 Å². The molecule has 0 aliphatic rings. The van der Waals surface area contributed by atoms with Crippen LogP contribution in [0.1, 0.15) is 32.3 Å². The Labute approximate surface area is 99.0 Å². The molecule has 0 saturated carbocycles. The molecule has 1 atom stereocenters. The third-order valence-electron chi connectivity index (χ3n) is 2.96. The van der Waals surface area contributed by atoms with Gasteiger partial charge in [0.25, 0.3) is 0 Å². The number of nitrogens with one attached hydrogen (secondary N) is 1. The lowest BCUT2D eigenvalue weighted by atomic mass is 9.88. The highest BCUT2D eigenvalue weighted by atomic mass is 16.5. The summed E-state index contributed by atoms with van der Waals surface area (Å²) in [4.78, 5) is 0. The minimum absolute atomic E-state index is 0.575. The Hall–Kier alpha value is -1.02. The van der Waals surface area contributed by atoms with Gasteiger partial charge in [-0.3, -0.25) is 0 Å². The largest absolute Gasteiger partial charge is 0.497 e. The lowest BCUT2D eigenvalue weighted by Crippen LogP contribution is -2.24. The molecule has 1 aromatic carbocycles. The zero-order chi connectivity index (χ0) is 12.0. The zero-order valence-corrected chi connectivity index (χ0v) is 10.8. The SMILES string of the molecule is CCNCC(c1ccc(OC)cc1)C(C)C. The first-order valence-electron chi connectivity index (χ1n) is 6.03. The summed E-state index contributed by atoms with van der Waals surface area (Å²) in [5.74, 6) is 2.15. The van der Waals surface area contributed by atoms with E-state index in [1.165, 1.54) is 5.56 Å². The van der Waals surface area contributed by atoms with Crippen molar-refractivity contribution in [1.29, 1.82) is 0 Å². The van der Waals surface area contributed by atoms with Crippen LogP contribution in [0.25, 0.3) is 0 Å². The quantitative estimate of drug-likeness (QED) is 0.797. The maximum Gasteiger partial charge on any atom is 0.118 e. The van der Waals surface area contributed by atoms with Crippen molar-refractivity contribution < 1.29 is 4.74 Å². The molecule has 2 nitrogen and oxygen atoms in total. The fraction of sp³-hybridized carbons (Fsp3) is 0.571. The second-order valence-corrected chi connectivity index (χ2v) is 4.43. The monoisotopic (exact) mass is 221 g/mol. The maximum atomic E-state index is 5.17. The molecule has 0 heterocycles. The Bertz CT molecular complexity index is 292. The highest BCUT2D eigenvalue weighted by Gasteiger charge is 2.14. The molecule has 0 aliphatic heterocycles. The lowest BCUT2D eigenvalue weighted by Gasteiger charge is -2.21. The van der Waals surface area contributed by atoms with Gasteiger partial charge in [-0.25, -0.2) is 0 Å². The minimum Gasteiger partial charge on any atom is -0.497 e. The summed E-state index contributed by atoms with van der Waals surface area (Å²) in [5.41, 5.74) is 1.39. The molecule has 0 fully saturated rings. The number of ether oxygens (including phenoxy) is 1. The van der Waals surface area contributed by atoms with Crippen LogP contribution in [0, 0.1) is 5.92 Å². The van der Waals surface area contributed by atoms with Crippen LogP contribution in [0.4, 0.5) is 0 Å². The molecule has 0 saturated heterocycles. The van der Waals surface area contributed by atoms with Crippen molar-refractivity contribution in [3.05, 3.63) is 29.8 Å². The van der Waals surface area contributed by atoms with Crippen LogP contribution in [-0.4, -0.2) is 20.2 Å². The summed E-state index contributed by atoms with van der Waals surface area (Å²) in [5, 5.41) is 3.43. The number of methoxy groups -OCH3 is 1. The molecule has 1 N–H and O–H groups in total. The van der Waals surface area contributed by atoms with Crippen molar-refractivity contribution in [3.63, 3.8) is 0 Å². The van der Waals surface area contributed by atoms with E-state index < -0.39 is 0 Å². The highest BCUT2D eigenvalue weighted by molar-refractivity contribution is 5.29. The summed E-state index contributed by atoms with van der Waals surface area (Å²) in [6.07, 6.45) is 0. The van der Waals surface area contributed by atoms with E-state index in [-0.39, 0.29) is 0 Å². The van der Waals surface area contributed by atoms with Gasteiger partial charge in [-0.2, -0.15) is 0 Å². The molecule has 1 rings (SSSR count). The van der Waals surface area contributed by atoms with E-state index in [4.69, 9.17) is 4.74 Å². The van der Waals surface area contributed by atoms with Crippen molar-refractivity contribution in [2.75, 3.05) is 20.2 Å². The van der Waals surface area contributed by atoms with Crippen molar-refractivity contribution >= 4 is 0 Å². The minimum atomic E-state index is 0.575. The third kappa shape index (κ3) is 3.53. The van der Waals surface area contributed by atoms with E-state index in [0.29, 0.717) is 11.8 Å². The molecule has 0 aromatic heterocycles. The van der Waals surface area contributed by atoms with Gasteiger partial charge in [0.05, 0.1) is 7.11 Å². The molecule has 0 radical (unpaired) electrons. The van der Waals surface area contributed by atoms with Crippen LogP contribution in [0.3, 0.4) is 0 Å². The molecule has 90 valence electrons. The van der Waals surface area contributed by atoms with Crippen LogP contribution in [0.5, 0.6) is 5.75 Å². The molecule has 2 heteroatoms. The van der Waals surface area contributed by atoms with Crippen LogP contribution in [0.2, 0.25) is 0 Å². The van der Waals surface area contributed by atoms with Crippen molar-refractivity contribution in [1.82, 2.24) is 5.32 Å². The molecule has 0 bridgehead atoms. The van der Waals surface area contributed by atoms with E-state index in [2.05, 4.69) is 38.2 Å². The number of benzene rings is 1. The summed E-state index contributed by atoms with van der Waals surface area (Å²) in [6, 6.07) is 8.41. The van der Waals surface area contributed by atoms with Crippen LogP contribution in [0.15, 0.2) is 24.3 Å². The molecule has 1 unspecified atom stereocenters. The smallest absolute Gasteiger partial charge is 0.118 e. The van der Waals surface area contributed by atoms with Crippen LogP contribution in [-0.2, 0) is 0 Å². The Morgan fingerprint density at radius 1 is 1.19 bits per heavy atom. The van der Waals surface area contributed by atoms with Gasteiger partial charge in [0, 0.05) is 6.54 Å². The van der Waals surface area contributed by atoms with Gasteiger partial charge in [0.1, 0.15) is 5.75 Å². The van der Waals surface area contributed by atoms with Crippen molar-refractivity contribution in [2.45, 2.75) is 26.7 Å². The fourth-order valence-corrected chi connectivity index (χ4v) is 1.89. The van der Waals surface area contributed by atoms with Crippen molar-refractivity contribution in [3.8, 4) is 5.75 Å². The van der Waals surface area contributed by atoms with Gasteiger partial charge < -0.3 is 10.1 Å². The number of hydrogen-bond donors (Lipinski definition) is 1. The first kappa shape index (κ1) is 13.0. The summed E-state index contributed by atoms with van der Waals surface area (Å²) in [7, 11) is 1.70. The normalized spacial score (nSPS) is 12.8. The lowest BCUT2D eigenvalue weighted by molar-refractivity contribution is 0.413. The van der Waals surface area contributed by atoms with Gasteiger partial charge in [0.15, 0.2) is 0 Å². The van der Waals surface area contributed by atoms with Gasteiger partial charge in [-0.15, -0.1) is 0 Å². The summed E-state index contributed by atoms with van der Waals surface area (Å²) in [6.45, 7) is 8.75. The molecule has 0 aliphatic carbocycles. The van der Waals surface area contributed by atoms with E-state index in [1.807, 2.05) is 12.1 Å². The zero-order valence-electron chi connectivity index (χ0n) is 10.8. The molecule has 0 spiro atoms.